The highest BCUT2D eigenvalue weighted by molar-refractivity contribution is 7.21. The zero-order valence-electron chi connectivity index (χ0n) is 14.4. The molecule has 1 aromatic heterocycles. The van der Waals surface area contributed by atoms with Crippen molar-refractivity contribution in [3.05, 3.63) is 36.4 Å². The first-order valence-corrected chi connectivity index (χ1v) is 8.66. The second kappa shape index (κ2) is 7.48. The van der Waals surface area contributed by atoms with Gasteiger partial charge in [0, 0.05) is 17.4 Å². The van der Waals surface area contributed by atoms with Crippen molar-refractivity contribution < 1.29 is 41.0 Å². The molecule has 0 aliphatic rings. The van der Waals surface area contributed by atoms with Crippen molar-refractivity contribution in [3.63, 3.8) is 0 Å². The van der Waals surface area contributed by atoms with Crippen molar-refractivity contribution in [2.75, 3.05) is 10.6 Å². The lowest BCUT2D eigenvalue weighted by Gasteiger charge is -2.09. The molecule has 0 bridgehead atoms. The molecule has 6 nitrogen and oxygen atoms in total. The van der Waals surface area contributed by atoms with Gasteiger partial charge in [-0.25, -0.2) is 4.98 Å². The third-order valence-corrected chi connectivity index (χ3v) is 4.72. The smallest absolute Gasteiger partial charge is 0.471 e. The molecule has 0 radical (unpaired) electrons. The Balaban J connectivity index is 1.86. The van der Waals surface area contributed by atoms with E-state index in [9.17, 15) is 41.0 Å². The van der Waals surface area contributed by atoms with Gasteiger partial charge < -0.3 is 15.7 Å². The Labute approximate surface area is 167 Å². The molecule has 0 aliphatic carbocycles. The van der Waals surface area contributed by atoms with Crippen molar-refractivity contribution in [2.45, 2.75) is 12.4 Å². The van der Waals surface area contributed by atoms with Crippen LogP contribution in [0.5, 0.6) is 5.75 Å². The lowest BCUT2D eigenvalue weighted by Crippen LogP contribution is -2.29. The van der Waals surface area contributed by atoms with Gasteiger partial charge in [0.2, 0.25) is 0 Å². The summed E-state index contributed by atoms with van der Waals surface area (Å²) in [6.07, 6.45) is -10.2. The van der Waals surface area contributed by atoms with Gasteiger partial charge in [-0.15, -0.1) is 11.3 Å². The SMILES string of the molecule is O=C(Nc1ccc(-c2nc3cc(NC(=O)C(F)(F)F)ccc3s2)c(O)c1)C(F)(F)F. The number of hydrogen-bond acceptors (Lipinski definition) is 5. The molecule has 30 heavy (non-hydrogen) atoms. The standard InChI is InChI=1S/C17H9F6N3O3S/c18-16(19,20)14(28)24-7-2-4-12-10(5-7)26-13(30-12)9-3-1-8(6-11(9)27)25-15(29)17(21,22)23/h1-6,27H,(H,24,28)(H,25,29). The number of aromatic hydroxyl groups is 1. The molecule has 0 spiro atoms. The third kappa shape index (κ3) is 4.62. The Kier molecular flexibility index (Phi) is 5.33. The number of carbonyl (C=O) groups excluding carboxylic acids is 2. The van der Waals surface area contributed by atoms with E-state index in [0.717, 1.165) is 23.5 Å². The summed E-state index contributed by atoms with van der Waals surface area (Å²) in [6, 6.07) is 7.11. The van der Waals surface area contributed by atoms with Crippen LogP contribution < -0.4 is 10.6 Å². The summed E-state index contributed by atoms with van der Waals surface area (Å²) in [6.45, 7) is 0. The zero-order chi connectivity index (χ0) is 22.3. The molecule has 0 aliphatic heterocycles. The third-order valence-electron chi connectivity index (χ3n) is 3.65. The summed E-state index contributed by atoms with van der Waals surface area (Å²) in [7, 11) is 0. The van der Waals surface area contributed by atoms with Crippen LogP contribution in [-0.4, -0.2) is 34.3 Å². The number of phenolic OH excluding ortho intramolecular Hbond substituents is 1. The summed E-state index contributed by atoms with van der Waals surface area (Å²) in [5, 5.41) is 13.6. The number of hydrogen-bond donors (Lipinski definition) is 3. The van der Waals surface area contributed by atoms with Crippen molar-refractivity contribution in [2.24, 2.45) is 0 Å². The van der Waals surface area contributed by atoms with Crippen LogP contribution in [0.15, 0.2) is 36.4 Å². The number of phenols is 1. The second-order valence-corrected chi connectivity index (χ2v) is 6.87. The van der Waals surface area contributed by atoms with E-state index in [1.54, 1.807) is 10.6 Å². The highest BCUT2D eigenvalue weighted by atomic mass is 32.1. The van der Waals surface area contributed by atoms with Gasteiger partial charge in [-0.1, -0.05) is 0 Å². The predicted octanol–water partition coefficient (Wildman–Crippen LogP) is 4.67. The molecular weight excluding hydrogens is 440 g/mol. The van der Waals surface area contributed by atoms with E-state index in [1.807, 2.05) is 0 Å². The summed E-state index contributed by atoms with van der Waals surface area (Å²) in [4.78, 5) is 26.1. The normalized spacial score (nSPS) is 12.1. The lowest BCUT2D eigenvalue weighted by atomic mass is 10.2. The number of aromatic nitrogens is 1. The zero-order valence-corrected chi connectivity index (χ0v) is 15.2. The number of alkyl halides is 6. The van der Waals surface area contributed by atoms with Gasteiger partial charge in [0.25, 0.3) is 0 Å². The Hall–Kier alpha value is -3.35. The Morgan fingerprint density at radius 1 is 0.867 bits per heavy atom. The van der Waals surface area contributed by atoms with Crippen LogP contribution in [0.25, 0.3) is 20.8 Å². The molecule has 3 N–H and O–H groups in total. The molecule has 3 aromatic rings. The summed E-state index contributed by atoms with van der Waals surface area (Å²) >= 11 is 1.05. The molecule has 1 heterocycles. The number of rotatable bonds is 3. The number of nitrogens with one attached hydrogen (secondary N) is 2. The van der Waals surface area contributed by atoms with Gasteiger partial charge in [-0.3, -0.25) is 9.59 Å². The number of carbonyl (C=O) groups is 2. The van der Waals surface area contributed by atoms with E-state index in [0.29, 0.717) is 4.70 Å². The minimum atomic E-state index is -5.10. The van der Waals surface area contributed by atoms with Gasteiger partial charge in [0.15, 0.2) is 0 Å². The van der Waals surface area contributed by atoms with Crippen LogP contribution >= 0.6 is 11.3 Å². The first-order chi connectivity index (χ1) is 13.8. The maximum Gasteiger partial charge on any atom is 0.471 e. The number of halogens is 6. The van der Waals surface area contributed by atoms with Crippen LogP contribution in [0.2, 0.25) is 0 Å². The molecule has 0 fully saturated rings. The van der Waals surface area contributed by atoms with Crippen molar-refractivity contribution in [3.8, 4) is 16.3 Å². The average Bonchev–Trinajstić information content (AvgIpc) is 3.03. The van der Waals surface area contributed by atoms with Gasteiger partial charge in [0.1, 0.15) is 10.8 Å². The van der Waals surface area contributed by atoms with E-state index in [1.165, 1.54) is 24.3 Å². The molecule has 0 atom stereocenters. The van der Waals surface area contributed by atoms with E-state index in [-0.39, 0.29) is 27.5 Å². The van der Waals surface area contributed by atoms with Gasteiger partial charge in [-0.05, 0) is 30.3 Å². The number of thiazole rings is 1. The summed E-state index contributed by atoms with van der Waals surface area (Å²) in [5.74, 6) is -4.82. The van der Waals surface area contributed by atoms with Crippen LogP contribution in [0.4, 0.5) is 37.7 Å². The first-order valence-electron chi connectivity index (χ1n) is 7.85. The van der Waals surface area contributed by atoms with Crippen LogP contribution in [-0.2, 0) is 9.59 Å². The van der Waals surface area contributed by atoms with Gasteiger partial charge in [0.05, 0.1) is 15.8 Å². The monoisotopic (exact) mass is 449 g/mol. The predicted molar refractivity (Wildman–Crippen MR) is 96.1 cm³/mol. The number of anilines is 2. The number of nitrogens with zero attached hydrogens (tertiary/aromatic N) is 1. The number of amides is 2. The van der Waals surface area contributed by atoms with E-state index < -0.39 is 29.9 Å². The molecule has 3 rings (SSSR count). The average molecular weight is 449 g/mol. The fourth-order valence-electron chi connectivity index (χ4n) is 2.31. The fourth-order valence-corrected chi connectivity index (χ4v) is 3.29. The largest absolute Gasteiger partial charge is 0.507 e. The van der Waals surface area contributed by atoms with Gasteiger partial charge in [-0.2, -0.15) is 26.3 Å². The highest BCUT2D eigenvalue weighted by Gasteiger charge is 2.39. The molecule has 158 valence electrons. The second-order valence-electron chi connectivity index (χ2n) is 5.84. The molecular formula is C17H9F6N3O3S. The maximum absolute atomic E-state index is 12.4. The van der Waals surface area contributed by atoms with Crippen LogP contribution in [0, 0.1) is 0 Å². The van der Waals surface area contributed by atoms with Crippen molar-refractivity contribution in [1.82, 2.24) is 4.98 Å². The first kappa shape index (κ1) is 21.4. The Morgan fingerprint density at radius 3 is 1.93 bits per heavy atom. The molecule has 0 saturated carbocycles. The quantitative estimate of drug-likeness (QED) is 0.507. The molecule has 0 saturated heterocycles. The minimum absolute atomic E-state index is 0.127. The fraction of sp³-hybridized carbons (Fsp3) is 0.118. The molecule has 2 aromatic carbocycles. The van der Waals surface area contributed by atoms with E-state index in [4.69, 9.17) is 0 Å². The summed E-state index contributed by atoms with van der Waals surface area (Å²) < 4.78 is 74.5. The Morgan fingerprint density at radius 2 is 1.40 bits per heavy atom. The molecule has 2 amide bonds. The molecule has 0 unspecified atom stereocenters. The Bertz CT molecular complexity index is 1140. The maximum atomic E-state index is 12.4. The lowest BCUT2D eigenvalue weighted by molar-refractivity contribution is -0.167. The topological polar surface area (TPSA) is 91.3 Å². The van der Waals surface area contributed by atoms with Crippen LogP contribution in [0.3, 0.4) is 0 Å². The molecule has 13 heteroatoms. The van der Waals surface area contributed by atoms with E-state index in [2.05, 4.69) is 4.98 Å². The minimum Gasteiger partial charge on any atom is -0.507 e. The summed E-state index contributed by atoms with van der Waals surface area (Å²) in [5.41, 5.74) is -0.0844. The number of fused-ring (bicyclic) bond motifs is 1. The van der Waals surface area contributed by atoms with Crippen molar-refractivity contribution >= 4 is 44.7 Å². The van der Waals surface area contributed by atoms with Gasteiger partial charge >= 0.3 is 24.2 Å². The van der Waals surface area contributed by atoms with Crippen molar-refractivity contribution in [1.29, 1.82) is 0 Å². The number of benzene rings is 2. The highest BCUT2D eigenvalue weighted by Crippen LogP contribution is 2.37. The van der Waals surface area contributed by atoms with E-state index >= 15 is 0 Å². The van der Waals surface area contributed by atoms with Crippen LogP contribution in [0.1, 0.15) is 0 Å².